The molecule has 1 aromatic heterocycles. The first-order valence-electron chi connectivity index (χ1n) is 7.44. The highest BCUT2D eigenvalue weighted by Gasteiger charge is 2.25. The van der Waals surface area contributed by atoms with E-state index in [1.54, 1.807) is 19.0 Å². The second-order valence-corrected chi connectivity index (χ2v) is 6.62. The predicted octanol–water partition coefficient (Wildman–Crippen LogP) is 2.72. The van der Waals surface area contributed by atoms with Gasteiger partial charge in [0.15, 0.2) is 0 Å². The van der Waals surface area contributed by atoms with Crippen LogP contribution in [-0.2, 0) is 4.79 Å². The van der Waals surface area contributed by atoms with E-state index in [2.05, 4.69) is 10.3 Å². The Bertz CT molecular complexity index is 697. The Hall–Kier alpha value is -2.21. The van der Waals surface area contributed by atoms with E-state index in [-0.39, 0.29) is 24.3 Å². The summed E-state index contributed by atoms with van der Waals surface area (Å²) in [5.41, 5.74) is 1.63. The zero-order valence-corrected chi connectivity index (χ0v) is 14.6. The van der Waals surface area contributed by atoms with Crippen LogP contribution >= 0.6 is 11.3 Å². The van der Waals surface area contributed by atoms with Gasteiger partial charge in [-0.15, -0.1) is 11.3 Å². The highest BCUT2D eigenvalue weighted by atomic mass is 32.1. The molecule has 2 rings (SSSR count). The number of carbonyl (C=O) groups excluding carboxylic acids is 2. The summed E-state index contributed by atoms with van der Waals surface area (Å²) < 4.78 is 0. The van der Waals surface area contributed by atoms with E-state index in [4.69, 9.17) is 0 Å². The van der Waals surface area contributed by atoms with Gasteiger partial charge < -0.3 is 10.2 Å². The standard InChI is InChI=1S/C17H21N3O2S/c1-11(10-14(21)18-3)20(4)17(22)16-15(19-12(2)23-16)13-8-6-5-7-9-13/h5-9,11H,10H2,1-4H3,(H,18,21)/t11-/m0/s1. The molecule has 0 aliphatic rings. The SMILES string of the molecule is CNC(=O)C[C@H](C)N(C)C(=O)c1sc(C)nc1-c1ccccc1. The molecular formula is C17H21N3O2S. The molecule has 0 bridgehead atoms. The van der Waals surface area contributed by atoms with Crippen LogP contribution in [0.5, 0.6) is 0 Å². The summed E-state index contributed by atoms with van der Waals surface area (Å²) in [5.74, 6) is -0.188. The fourth-order valence-electron chi connectivity index (χ4n) is 2.23. The zero-order valence-electron chi connectivity index (χ0n) is 13.8. The second kappa shape index (κ2) is 7.37. The third kappa shape index (κ3) is 3.96. The maximum absolute atomic E-state index is 12.8. The van der Waals surface area contributed by atoms with Crippen molar-refractivity contribution in [3.63, 3.8) is 0 Å². The maximum atomic E-state index is 12.8. The fraction of sp³-hybridized carbons (Fsp3) is 0.353. The highest BCUT2D eigenvalue weighted by molar-refractivity contribution is 7.14. The minimum Gasteiger partial charge on any atom is -0.359 e. The average Bonchev–Trinajstić information content (AvgIpc) is 2.95. The van der Waals surface area contributed by atoms with Crippen LogP contribution in [0.4, 0.5) is 0 Å². The van der Waals surface area contributed by atoms with Gasteiger partial charge in [-0.05, 0) is 13.8 Å². The average molecular weight is 331 g/mol. The van der Waals surface area contributed by atoms with Gasteiger partial charge in [-0.1, -0.05) is 30.3 Å². The number of aryl methyl sites for hydroxylation is 1. The van der Waals surface area contributed by atoms with Crippen molar-refractivity contribution in [1.82, 2.24) is 15.2 Å². The Morgan fingerprint density at radius 3 is 2.57 bits per heavy atom. The number of aromatic nitrogens is 1. The first kappa shape index (κ1) is 17.1. The molecule has 0 unspecified atom stereocenters. The maximum Gasteiger partial charge on any atom is 0.266 e. The van der Waals surface area contributed by atoms with Crippen LogP contribution < -0.4 is 5.32 Å². The first-order valence-corrected chi connectivity index (χ1v) is 8.26. The molecule has 2 aromatic rings. The molecule has 0 saturated carbocycles. The third-order valence-corrected chi connectivity index (χ3v) is 4.68. The van der Waals surface area contributed by atoms with Crippen LogP contribution in [0.2, 0.25) is 0 Å². The smallest absolute Gasteiger partial charge is 0.266 e. The lowest BCUT2D eigenvalue weighted by Gasteiger charge is -2.24. The molecule has 0 aliphatic heterocycles. The predicted molar refractivity (Wildman–Crippen MR) is 92.5 cm³/mol. The Kier molecular flexibility index (Phi) is 5.50. The molecule has 23 heavy (non-hydrogen) atoms. The number of rotatable bonds is 5. The quantitative estimate of drug-likeness (QED) is 0.916. The number of thiazole rings is 1. The summed E-state index contributed by atoms with van der Waals surface area (Å²) in [5, 5.41) is 3.43. The van der Waals surface area contributed by atoms with E-state index in [1.807, 2.05) is 44.2 Å². The Morgan fingerprint density at radius 1 is 1.30 bits per heavy atom. The Labute approximate surface area is 140 Å². The van der Waals surface area contributed by atoms with E-state index in [0.717, 1.165) is 10.6 Å². The number of hydrogen-bond donors (Lipinski definition) is 1. The van der Waals surface area contributed by atoms with E-state index < -0.39 is 0 Å². The first-order chi connectivity index (χ1) is 10.9. The van der Waals surface area contributed by atoms with Gasteiger partial charge in [-0.3, -0.25) is 9.59 Å². The van der Waals surface area contributed by atoms with Crippen LogP contribution in [0, 0.1) is 6.92 Å². The van der Waals surface area contributed by atoms with Crippen molar-refractivity contribution in [3.8, 4) is 11.3 Å². The fourth-order valence-corrected chi connectivity index (χ4v) is 3.16. The van der Waals surface area contributed by atoms with Gasteiger partial charge >= 0.3 is 0 Å². The molecule has 1 aromatic carbocycles. The number of nitrogens with one attached hydrogen (secondary N) is 1. The molecule has 1 heterocycles. The number of nitrogens with zero attached hydrogens (tertiary/aromatic N) is 2. The van der Waals surface area contributed by atoms with Gasteiger partial charge in [-0.2, -0.15) is 0 Å². The molecule has 1 atom stereocenters. The lowest BCUT2D eigenvalue weighted by Crippen LogP contribution is -2.38. The molecule has 0 saturated heterocycles. The van der Waals surface area contributed by atoms with Gasteiger partial charge in [0.1, 0.15) is 4.88 Å². The van der Waals surface area contributed by atoms with Crippen molar-refractivity contribution in [2.24, 2.45) is 0 Å². The van der Waals surface area contributed by atoms with Gasteiger partial charge in [0.25, 0.3) is 5.91 Å². The molecule has 0 radical (unpaired) electrons. The number of carbonyl (C=O) groups is 2. The molecule has 0 aliphatic carbocycles. The minimum atomic E-state index is -0.187. The number of amides is 2. The van der Waals surface area contributed by atoms with Crippen LogP contribution in [0.15, 0.2) is 30.3 Å². The van der Waals surface area contributed by atoms with Gasteiger partial charge in [0, 0.05) is 32.1 Å². The summed E-state index contributed by atoms with van der Waals surface area (Å²) in [7, 11) is 3.32. The summed E-state index contributed by atoms with van der Waals surface area (Å²) in [6.07, 6.45) is 0.275. The van der Waals surface area contributed by atoms with Gasteiger partial charge in [0.05, 0.1) is 10.7 Å². The van der Waals surface area contributed by atoms with E-state index in [0.29, 0.717) is 10.6 Å². The monoisotopic (exact) mass is 331 g/mol. The number of hydrogen-bond acceptors (Lipinski definition) is 4. The van der Waals surface area contributed by atoms with E-state index >= 15 is 0 Å². The van der Waals surface area contributed by atoms with Crippen molar-refractivity contribution >= 4 is 23.2 Å². The van der Waals surface area contributed by atoms with Crippen LogP contribution in [0.1, 0.15) is 28.0 Å². The molecule has 2 amide bonds. The van der Waals surface area contributed by atoms with Gasteiger partial charge in [0.2, 0.25) is 5.91 Å². The van der Waals surface area contributed by atoms with Gasteiger partial charge in [-0.25, -0.2) is 4.98 Å². The molecule has 1 N–H and O–H groups in total. The Morgan fingerprint density at radius 2 is 1.96 bits per heavy atom. The highest BCUT2D eigenvalue weighted by Crippen LogP contribution is 2.29. The normalized spacial score (nSPS) is 11.8. The lowest BCUT2D eigenvalue weighted by molar-refractivity contribution is -0.121. The van der Waals surface area contributed by atoms with Crippen molar-refractivity contribution in [1.29, 1.82) is 0 Å². The zero-order chi connectivity index (χ0) is 17.0. The van der Waals surface area contributed by atoms with E-state index in [1.165, 1.54) is 11.3 Å². The number of benzene rings is 1. The van der Waals surface area contributed by atoms with Crippen molar-refractivity contribution in [2.75, 3.05) is 14.1 Å². The van der Waals surface area contributed by atoms with Crippen molar-refractivity contribution in [2.45, 2.75) is 26.3 Å². The summed E-state index contributed by atoms with van der Waals surface area (Å²) in [6, 6.07) is 9.49. The molecule has 5 nitrogen and oxygen atoms in total. The Balaban J connectivity index is 2.28. The van der Waals surface area contributed by atoms with Crippen molar-refractivity contribution < 1.29 is 9.59 Å². The molecule has 0 spiro atoms. The second-order valence-electron chi connectivity index (χ2n) is 5.42. The van der Waals surface area contributed by atoms with Crippen LogP contribution in [0.25, 0.3) is 11.3 Å². The van der Waals surface area contributed by atoms with Crippen LogP contribution in [-0.4, -0.2) is 41.8 Å². The van der Waals surface area contributed by atoms with Crippen LogP contribution in [0.3, 0.4) is 0 Å². The molecule has 6 heteroatoms. The summed E-state index contributed by atoms with van der Waals surface area (Å²) >= 11 is 1.38. The van der Waals surface area contributed by atoms with E-state index in [9.17, 15) is 9.59 Å². The topological polar surface area (TPSA) is 62.3 Å². The third-order valence-electron chi connectivity index (χ3n) is 3.72. The molecular weight excluding hydrogens is 310 g/mol. The molecule has 122 valence electrons. The molecule has 0 fully saturated rings. The summed E-state index contributed by atoms with van der Waals surface area (Å²) in [6.45, 7) is 3.76. The lowest BCUT2D eigenvalue weighted by atomic mass is 10.1. The summed E-state index contributed by atoms with van der Waals surface area (Å²) in [4.78, 5) is 31.1. The largest absolute Gasteiger partial charge is 0.359 e. The minimum absolute atomic E-state index is 0.0825. The van der Waals surface area contributed by atoms with Crippen molar-refractivity contribution in [3.05, 3.63) is 40.2 Å².